The second-order valence-electron chi connectivity index (χ2n) is 4.20. The predicted octanol–water partition coefficient (Wildman–Crippen LogP) is 2.61. The third-order valence-electron chi connectivity index (χ3n) is 2.67. The van der Waals surface area contributed by atoms with Crippen LogP contribution in [0, 0.1) is 5.82 Å². The number of fused-ring (bicyclic) bond motifs is 1. The molecule has 0 atom stereocenters. The lowest BCUT2D eigenvalue weighted by Gasteiger charge is -2.06. The van der Waals surface area contributed by atoms with Crippen molar-refractivity contribution in [3.05, 3.63) is 28.8 Å². The number of alkyl halides is 1. The van der Waals surface area contributed by atoms with Gasteiger partial charge in [-0.25, -0.2) is 17.8 Å². The van der Waals surface area contributed by atoms with Crippen LogP contribution in [0.2, 0.25) is 5.02 Å². The zero-order valence-corrected chi connectivity index (χ0v) is 12.4. The maximum atomic E-state index is 13.5. The largest absolute Gasteiger partial charge is 0.326 e. The Morgan fingerprint density at radius 3 is 2.68 bits per heavy atom. The topological polar surface area (TPSA) is 52.0 Å². The fourth-order valence-corrected chi connectivity index (χ4v) is 2.65. The fourth-order valence-electron chi connectivity index (χ4n) is 1.78. The van der Waals surface area contributed by atoms with Gasteiger partial charge in [0.1, 0.15) is 21.5 Å². The highest BCUT2D eigenvalue weighted by atomic mass is 35.5. The third-order valence-corrected chi connectivity index (χ3v) is 4.13. The van der Waals surface area contributed by atoms with Crippen molar-refractivity contribution in [2.24, 2.45) is 0 Å². The molecular formula is C11H11Cl2FN2O2S. The average molecular weight is 325 g/mol. The van der Waals surface area contributed by atoms with Crippen LogP contribution in [0.25, 0.3) is 11.0 Å². The minimum absolute atomic E-state index is 0.0265. The maximum absolute atomic E-state index is 13.5. The van der Waals surface area contributed by atoms with Crippen LogP contribution in [0.1, 0.15) is 5.82 Å². The second-order valence-corrected chi connectivity index (χ2v) is 7.13. The van der Waals surface area contributed by atoms with Crippen LogP contribution in [0.5, 0.6) is 0 Å². The van der Waals surface area contributed by atoms with Crippen LogP contribution >= 0.6 is 23.2 Å². The maximum Gasteiger partial charge on any atom is 0.149 e. The van der Waals surface area contributed by atoms with Crippen LogP contribution in [-0.2, 0) is 22.3 Å². The van der Waals surface area contributed by atoms with E-state index in [0.29, 0.717) is 16.9 Å². The summed E-state index contributed by atoms with van der Waals surface area (Å²) in [7, 11) is -3.12. The van der Waals surface area contributed by atoms with Crippen molar-refractivity contribution in [1.29, 1.82) is 0 Å². The number of hydrogen-bond acceptors (Lipinski definition) is 3. The smallest absolute Gasteiger partial charge is 0.149 e. The molecule has 1 heterocycles. The lowest BCUT2D eigenvalue weighted by Crippen LogP contribution is -2.13. The van der Waals surface area contributed by atoms with E-state index in [-0.39, 0.29) is 23.2 Å². The molecule has 0 radical (unpaired) electrons. The average Bonchev–Trinajstić information content (AvgIpc) is 2.63. The molecular weight excluding hydrogens is 314 g/mol. The van der Waals surface area contributed by atoms with Crippen molar-refractivity contribution in [3.8, 4) is 0 Å². The highest BCUT2D eigenvalue weighted by Crippen LogP contribution is 2.24. The van der Waals surface area contributed by atoms with Gasteiger partial charge in [-0.3, -0.25) is 0 Å². The molecule has 2 rings (SSSR count). The van der Waals surface area contributed by atoms with Crippen molar-refractivity contribution in [2.75, 3.05) is 12.0 Å². The van der Waals surface area contributed by atoms with Gasteiger partial charge in [-0.05, 0) is 6.07 Å². The lowest BCUT2D eigenvalue weighted by atomic mass is 10.3. The van der Waals surface area contributed by atoms with Gasteiger partial charge in [0.25, 0.3) is 0 Å². The first-order chi connectivity index (χ1) is 8.81. The zero-order valence-electron chi connectivity index (χ0n) is 10.0. The SMILES string of the molecule is CS(=O)(=O)CCn1c(CCl)nc2cc(Cl)c(F)cc21. The van der Waals surface area contributed by atoms with Gasteiger partial charge < -0.3 is 4.57 Å². The van der Waals surface area contributed by atoms with Crippen LogP contribution < -0.4 is 0 Å². The van der Waals surface area contributed by atoms with Gasteiger partial charge in [0.05, 0.1) is 27.7 Å². The van der Waals surface area contributed by atoms with E-state index < -0.39 is 15.7 Å². The molecule has 0 saturated heterocycles. The van der Waals surface area contributed by atoms with Gasteiger partial charge in [-0.2, -0.15) is 0 Å². The summed E-state index contributed by atoms with van der Waals surface area (Å²) in [6.07, 6.45) is 1.14. The molecule has 0 unspecified atom stereocenters. The molecule has 19 heavy (non-hydrogen) atoms. The van der Waals surface area contributed by atoms with Gasteiger partial charge in [-0.15, -0.1) is 11.6 Å². The van der Waals surface area contributed by atoms with Gasteiger partial charge in [-0.1, -0.05) is 11.6 Å². The first-order valence-corrected chi connectivity index (χ1v) is 8.37. The predicted molar refractivity (Wildman–Crippen MR) is 74.0 cm³/mol. The molecule has 0 bridgehead atoms. The highest BCUT2D eigenvalue weighted by Gasteiger charge is 2.14. The quantitative estimate of drug-likeness (QED) is 0.812. The Bertz CT molecular complexity index is 728. The molecule has 0 spiro atoms. The number of aromatic nitrogens is 2. The molecule has 4 nitrogen and oxygen atoms in total. The molecule has 1 aromatic carbocycles. The van der Waals surface area contributed by atoms with Crippen LogP contribution in [0.4, 0.5) is 4.39 Å². The molecule has 0 aliphatic heterocycles. The van der Waals surface area contributed by atoms with E-state index in [9.17, 15) is 12.8 Å². The van der Waals surface area contributed by atoms with Crippen LogP contribution in [-0.4, -0.2) is 30.0 Å². The van der Waals surface area contributed by atoms with E-state index in [0.717, 1.165) is 6.26 Å². The first-order valence-electron chi connectivity index (χ1n) is 5.39. The molecule has 0 amide bonds. The van der Waals surface area contributed by atoms with Gasteiger partial charge in [0, 0.05) is 18.9 Å². The molecule has 0 aliphatic rings. The van der Waals surface area contributed by atoms with Gasteiger partial charge >= 0.3 is 0 Å². The van der Waals surface area contributed by atoms with Crippen LogP contribution in [0.3, 0.4) is 0 Å². The minimum Gasteiger partial charge on any atom is -0.326 e. The summed E-state index contributed by atoms with van der Waals surface area (Å²) in [6.45, 7) is 0.179. The number of halogens is 3. The molecule has 8 heteroatoms. The Balaban J connectivity index is 2.54. The van der Waals surface area contributed by atoms with Crippen molar-refractivity contribution in [3.63, 3.8) is 0 Å². The van der Waals surface area contributed by atoms with Crippen molar-refractivity contribution >= 4 is 44.1 Å². The number of aryl methyl sites for hydroxylation is 1. The zero-order chi connectivity index (χ0) is 14.2. The van der Waals surface area contributed by atoms with E-state index in [1.807, 2.05) is 0 Å². The Morgan fingerprint density at radius 1 is 1.42 bits per heavy atom. The number of hydrogen-bond donors (Lipinski definition) is 0. The number of nitrogens with zero attached hydrogens (tertiary/aromatic N) is 2. The molecule has 2 aromatic rings. The number of rotatable bonds is 4. The monoisotopic (exact) mass is 324 g/mol. The number of sulfone groups is 1. The van der Waals surface area contributed by atoms with E-state index >= 15 is 0 Å². The summed E-state index contributed by atoms with van der Waals surface area (Å²) >= 11 is 11.5. The Morgan fingerprint density at radius 2 is 2.11 bits per heavy atom. The van der Waals surface area contributed by atoms with E-state index in [1.165, 1.54) is 12.1 Å². The molecule has 0 saturated carbocycles. The van der Waals surface area contributed by atoms with E-state index in [2.05, 4.69) is 4.98 Å². The lowest BCUT2D eigenvalue weighted by molar-refractivity contribution is 0.594. The second kappa shape index (κ2) is 5.26. The van der Waals surface area contributed by atoms with Crippen LogP contribution in [0.15, 0.2) is 12.1 Å². The van der Waals surface area contributed by atoms with Crippen molar-refractivity contribution in [2.45, 2.75) is 12.4 Å². The summed E-state index contributed by atoms with van der Waals surface area (Å²) in [5, 5.41) is -0.0265. The summed E-state index contributed by atoms with van der Waals surface area (Å²) in [6, 6.07) is 2.64. The molecule has 0 aliphatic carbocycles. The summed E-state index contributed by atoms with van der Waals surface area (Å²) in [5.41, 5.74) is 0.983. The van der Waals surface area contributed by atoms with Gasteiger partial charge in [0.2, 0.25) is 0 Å². The summed E-state index contributed by atoms with van der Waals surface area (Å²) < 4.78 is 37.5. The summed E-state index contributed by atoms with van der Waals surface area (Å²) in [4.78, 5) is 4.22. The standard InChI is InChI=1S/C11H11Cl2FN2O2S/c1-19(17,18)3-2-16-10-5-8(14)7(13)4-9(10)15-11(16)6-12/h4-5H,2-3,6H2,1H3. The minimum atomic E-state index is -3.12. The Kier molecular flexibility index (Phi) is 4.03. The fraction of sp³-hybridized carbons (Fsp3) is 0.364. The molecule has 104 valence electrons. The first kappa shape index (κ1) is 14.6. The number of imidazole rings is 1. The highest BCUT2D eigenvalue weighted by molar-refractivity contribution is 7.90. The Hall–Kier alpha value is -0.850. The molecule has 0 N–H and O–H groups in total. The Labute approximate surface area is 120 Å². The van der Waals surface area contributed by atoms with Gasteiger partial charge in [0.15, 0.2) is 0 Å². The normalized spacial score (nSPS) is 12.2. The van der Waals surface area contributed by atoms with Crippen molar-refractivity contribution < 1.29 is 12.8 Å². The molecule has 0 fully saturated rings. The van der Waals surface area contributed by atoms with Crippen molar-refractivity contribution in [1.82, 2.24) is 9.55 Å². The van der Waals surface area contributed by atoms with E-state index in [1.54, 1.807) is 4.57 Å². The molecule has 1 aromatic heterocycles. The summed E-state index contributed by atoms with van der Waals surface area (Å²) in [5.74, 6) is -0.0395. The third kappa shape index (κ3) is 3.19. The number of benzene rings is 1. The van der Waals surface area contributed by atoms with E-state index in [4.69, 9.17) is 23.2 Å².